The maximum atomic E-state index is 14.8. The number of hydrogen-bond acceptors (Lipinski definition) is 12. The van der Waals surface area contributed by atoms with Crippen LogP contribution >= 0.6 is 0 Å². The van der Waals surface area contributed by atoms with E-state index >= 15 is 0 Å². The van der Waals surface area contributed by atoms with Crippen LogP contribution in [0.2, 0.25) is 0 Å². The first-order valence-corrected chi connectivity index (χ1v) is 19.4. The molecule has 0 unspecified atom stereocenters. The molecule has 7 rings (SSSR count). The molecule has 4 atom stereocenters. The average Bonchev–Trinajstić information content (AvgIpc) is 3.67. The van der Waals surface area contributed by atoms with Gasteiger partial charge in [-0.25, -0.2) is 9.59 Å². The van der Waals surface area contributed by atoms with Gasteiger partial charge in [0.15, 0.2) is 17.1 Å². The Hall–Kier alpha value is -7.75. The molecule has 2 heterocycles. The molecule has 0 fully saturated rings. The van der Waals surface area contributed by atoms with Crippen LogP contribution in [0.4, 0.5) is 22.7 Å². The first-order valence-electron chi connectivity index (χ1n) is 19.4. The summed E-state index contributed by atoms with van der Waals surface area (Å²) in [5.74, 6) is -5.64. The number of anilines is 4. The highest BCUT2D eigenvalue weighted by molar-refractivity contribution is 6.26. The van der Waals surface area contributed by atoms with Gasteiger partial charge in [-0.1, -0.05) is 66.3 Å². The van der Waals surface area contributed by atoms with E-state index in [2.05, 4.69) is 27.8 Å². The Morgan fingerprint density at radius 3 is 1.55 bits per heavy atom. The van der Waals surface area contributed by atoms with Crippen LogP contribution in [0.1, 0.15) is 81.9 Å². The first kappa shape index (κ1) is 42.4. The number of rotatable bonds is 6. The minimum absolute atomic E-state index is 0.0104. The van der Waals surface area contributed by atoms with Crippen molar-refractivity contribution in [3.63, 3.8) is 0 Å². The maximum absolute atomic E-state index is 14.8. The number of carboxylic acids is 2. The van der Waals surface area contributed by atoms with E-state index in [0.29, 0.717) is 11.1 Å². The van der Waals surface area contributed by atoms with Gasteiger partial charge in [0.1, 0.15) is 11.5 Å². The van der Waals surface area contributed by atoms with E-state index in [1.165, 1.54) is 85.0 Å². The molecular formula is C47H42N4O11. The van der Waals surface area contributed by atoms with Gasteiger partial charge in [0, 0.05) is 34.6 Å². The number of benzene rings is 4. The first-order chi connectivity index (χ1) is 29.5. The van der Waals surface area contributed by atoms with Crippen LogP contribution in [0.25, 0.3) is 0 Å². The number of hydrogen-bond donors (Lipinski definition) is 10. The normalized spacial score (nSPS) is 25.1. The molecule has 0 bridgehead atoms. The van der Waals surface area contributed by atoms with E-state index in [4.69, 9.17) is 0 Å². The van der Waals surface area contributed by atoms with E-state index in [1.807, 2.05) is 0 Å². The lowest BCUT2D eigenvalue weighted by molar-refractivity contribution is -0.129. The third-order valence-electron chi connectivity index (χ3n) is 11.1. The Labute approximate surface area is 354 Å². The van der Waals surface area contributed by atoms with Crippen molar-refractivity contribution in [2.75, 3.05) is 21.3 Å². The van der Waals surface area contributed by atoms with Crippen LogP contribution in [-0.4, -0.2) is 60.1 Å². The van der Waals surface area contributed by atoms with Crippen molar-refractivity contribution < 1.29 is 54.6 Å². The molecule has 0 aromatic heterocycles. The Morgan fingerprint density at radius 1 is 0.645 bits per heavy atom. The van der Waals surface area contributed by atoms with Crippen LogP contribution in [0.15, 0.2) is 133 Å². The predicted molar refractivity (Wildman–Crippen MR) is 230 cm³/mol. The van der Waals surface area contributed by atoms with Gasteiger partial charge in [0.05, 0.1) is 40.4 Å². The van der Waals surface area contributed by atoms with Crippen molar-refractivity contribution in [1.82, 2.24) is 0 Å². The highest BCUT2D eigenvalue weighted by Gasteiger charge is 2.55. The number of aliphatic hydroxyl groups is 2. The smallest absolute Gasteiger partial charge is 0.337 e. The minimum atomic E-state index is -2.36. The molecular weight excluding hydrogens is 797 g/mol. The number of carbonyl (C=O) groups excluding carboxylic acids is 3. The lowest BCUT2D eigenvalue weighted by Crippen LogP contribution is -2.49. The summed E-state index contributed by atoms with van der Waals surface area (Å²) >= 11 is 0. The molecule has 1 aliphatic carbocycles. The molecule has 0 saturated heterocycles. The number of phenols is 2. The zero-order valence-electron chi connectivity index (χ0n) is 33.4. The number of aliphatic hydroxyl groups excluding tert-OH is 2. The largest absolute Gasteiger partial charge is 0.508 e. The van der Waals surface area contributed by atoms with Crippen molar-refractivity contribution in [3.8, 4) is 11.5 Å². The Kier molecular flexibility index (Phi) is 11.2. The number of para-hydroxylation sites is 2. The standard InChI is InChI=1S/C47H42N4O11/c1-24-13-17-38(55)32-21-28(53)23-36-42(32)47(45(62)49-36,51-34-11-7-5-9-30(34)44(60)61)40(57)19-15-25(2)12-16-37(54)31-20-27(52)22-35-41(31)46(26(3)48-35,39(56)18-14-24)50-33-10-6-4-8-29(33)43(58)59/h4-15,18-23,37-38,48,50-55H,3,16-17H2,1-2H3,(H,49,62)(H,58,59)(H,60,61)/b18-14+,19-15+,24-13+,25-12+/t37-,38-,46-,47+/m0/s1. The van der Waals surface area contributed by atoms with Crippen molar-refractivity contribution in [2.24, 2.45) is 0 Å². The van der Waals surface area contributed by atoms with Gasteiger partial charge in [-0.15, -0.1) is 0 Å². The molecule has 15 heteroatoms. The summed E-state index contributed by atoms with van der Waals surface area (Å²) in [5.41, 5.74) is -3.42. The summed E-state index contributed by atoms with van der Waals surface area (Å²) in [6, 6.07) is 16.7. The molecule has 15 nitrogen and oxygen atoms in total. The van der Waals surface area contributed by atoms with Gasteiger partial charge in [-0.05, 0) is 86.4 Å². The summed E-state index contributed by atoms with van der Waals surface area (Å²) in [4.78, 5) is 68.3. The van der Waals surface area contributed by atoms with Gasteiger partial charge in [0.25, 0.3) is 5.91 Å². The van der Waals surface area contributed by atoms with Gasteiger partial charge >= 0.3 is 11.9 Å². The summed E-state index contributed by atoms with van der Waals surface area (Å²) in [6.07, 6.45) is 5.10. The molecule has 0 saturated carbocycles. The number of allylic oxidation sites excluding steroid dienone is 4. The zero-order chi connectivity index (χ0) is 44.7. The number of carbonyl (C=O) groups is 5. The molecule has 62 heavy (non-hydrogen) atoms. The topological polar surface area (TPSA) is 255 Å². The number of phenolic OH excluding ortho intramolecular Hbond substituents is 2. The number of ketones is 2. The maximum Gasteiger partial charge on any atom is 0.337 e. The van der Waals surface area contributed by atoms with E-state index in [1.54, 1.807) is 32.1 Å². The van der Waals surface area contributed by atoms with Crippen LogP contribution < -0.4 is 21.3 Å². The predicted octanol–water partition coefficient (Wildman–Crippen LogP) is 6.70. The van der Waals surface area contributed by atoms with Gasteiger partial charge in [-0.2, -0.15) is 0 Å². The number of amides is 1. The number of aromatic hydroxyl groups is 2. The Morgan fingerprint density at radius 2 is 1.06 bits per heavy atom. The molecule has 3 aliphatic rings. The molecule has 2 aliphatic heterocycles. The van der Waals surface area contributed by atoms with Crippen LogP contribution in [0, 0.1) is 0 Å². The van der Waals surface area contributed by atoms with Crippen molar-refractivity contribution in [3.05, 3.63) is 166 Å². The van der Waals surface area contributed by atoms with Crippen molar-refractivity contribution in [1.29, 1.82) is 0 Å². The highest BCUT2D eigenvalue weighted by Crippen LogP contribution is 2.51. The summed E-state index contributed by atoms with van der Waals surface area (Å²) < 4.78 is 0. The monoisotopic (exact) mass is 838 g/mol. The second-order valence-corrected chi connectivity index (χ2v) is 15.2. The summed E-state index contributed by atoms with van der Waals surface area (Å²) in [7, 11) is 0. The number of aromatic carboxylic acids is 2. The van der Waals surface area contributed by atoms with Gasteiger partial charge in [-0.3, -0.25) is 14.4 Å². The molecule has 4 aromatic rings. The zero-order valence-corrected chi connectivity index (χ0v) is 33.4. The second-order valence-electron chi connectivity index (χ2n) is 15.2. The van der Waals surface area contributed by atoms with E-state index in [-0.39, 0.29) is 86.2 Å². The molecule has 0 radical (unpaired) electrons. The highest BCUT2D eigenvalue weighted by atomic mass is 16.4. The van der Waals surface area contributed by atoms with Crippen molar-refractivity contribution >= 4 is 52.2 Å². The molecule has 316 valence electrons. The SMILES string of the molecule is C=C1Nc2cc(O)cc3c2[C@@]1(Nc1ccccc1C(=O)O)C(=O)/C=C/C(C)=C/C[C@H](O)c1cc(O)cc2c1[C@](Nc1ccccc1C(=O)O)(C(=O)/C=C/C(C)=C/C[C@@H]3O)C(=O)N2. The van der Waals surface area contributed by atoms with E-state index in [0.717, 1.165) is 6.08 Å². The fourth-order valence-electron chi connectivity index (χ4n) is 8.09. The molecule has 0 spiro atoms. The minimum Gasteiger partial charge on any atom is -0.508 e. The van der Waals surface area contributed by atoms with Crippen molar-refractivity contribution in [2.45, 2.75) is 50.0 Å². The van der Waals surface area contributed by atoms with Gasteiger partial charge < -0.3 is 51.9 Å². The molecule has 1 amide bonds. The van der Waals surface area contributed by atoms with Crippen LogP contribution in [-0.2, 0) is 25.5 Å². The molecule has 4 aromatic carbocycles. The fraction of sp³-hybridized carbons (Fsp3) is 0.170. The van der Waals surface area contributed by atoms with Crippen LogP contribution in [0.5, 0.6) is 11.5 Å². The average molecular weight is 839 g/mol. The Bertz CT molecular complexity index is 2550. The fourth-order valence-corrected chi connectivity index (χ4v) is 8.09. The lowest BCUT2D eigenvalue weighted by Gasteiger charge is -2.33. The number of carboxylic acid groups (broad SMARTS) is 2. The summed E-state index contributed by atoms with van der Waals surface area (Å²) in [6.45, 7) is 7.39. The third kappa shape index (κ3) is 7.39. The lowest BCUT2D eigenvalue weighted by atomic mass is 9.79. The van der Waals surface area contributed by atoms with Crippen LogP contribution in [0.3, 0.4) is 0 Å². The quantitative estimate of drug-likeness (QED) is 0.0907. The van der Waals surface area contributed by atoms with E-state index in [9.17, 15) is 54.6 Å². The second kappa shape index (κ2) is 16.4. The Balaban J connectivity index is 1.41. The third-order valence-corrected chi connectivity index (χ3v) is 11.1. The van der Waals surface area contributed by atoms with Gasteiger partial charge in [0.2, 0.25) is 5.54 Å². The number of nitrogens with one attached hydrogen (secondary N) is 4. The van der Waals surface area contributed by atoms with E-state index < -0.39 is 52.7 Å². The summed E-state index contributed by atoms with van der Waals surface area (Å²) in [5, 5.41) is 77.1. The molecule has 10 N–H and O–H groups in total.